The number of carbonyl (C=O) groups excluding carboxylic acids is 1. The summed E-state index contributed by atoms with van der Waals surface area (Å²) in [5, 5.41) is 2.47. The molecule has 146 valence electrons. The number of nitrogens with one attached hydrogen (secondary N) is 2. The number of sulfonamides is 1. The van der Waals surface area contributed by atoms with Gasteiger partial charge in [0.1, 0.15) is 0 Å². The van der Waals surface area contributed by atoms with Gasteiger partial charge in [-0.2, -0.15) is 8.42 Å². The predicted molar refractivity (Wildman–Crippen MR) is 99.2 cm³/mol. The first kappa shape index (κ1) is 21.0. The molecule has 2 aromatic rings. The van der Waals surface area contributed by atoms with Gasteiger partial charge in [0.05, 0.1) is 9.79 Å². The lowest BCUT2D eigenvalue weighted by Gasteiger charge is -2.09. The van der Waals surface area contributed by atoms with Crippen LogP contribution in [0.2, 0.25) is 0 Å². The number of unbranched alkanes of at least 4 members (excludes halogenated alkanes) is 1. The first-order valence-corrected chi connectivity index (χ1v) is 11.0. The van der Waals surface area contributed by atoms with Gasteiger partial charge in [-0.15, -0.1) is 3.89 Å². The highest BCUT2D eigenvalue weighted by atomic mass is 32.3. The van der Waals surface area contributed by atoms with Gasteiger partial charge in [-0.05, 0) is 42.8 Å². The molecule has 10 heteroatoms. The van der Waals surface area contributed by atoms with Gasteiger partial charge in [-0.25, -0.2) is 13.1 Å². The van der Waals surface area contributed by atoms with Gasteiger partial charge in [0.2, 0.25) is 10.0 Å². The predicted octanol–water partition coefficient (Wildman–Crippen LogP) is 2.68. The summed E-state index contributed by atoms with van der Waals surface area (Å²) in [6.07, 6.45) is 1.54. The Morgan fingerprint density at radius 3 is 2.33 bits per heavy atom. The maximum absolute atomic E-state index is 13.1. The van der Waals surface area contributed by atoms with Gasteiger partial charge in [-0.1, -0.05) is 25.5 Å². The molecule has 0 bridgehead atoms. The van der Waals surface area contributed by atoms with Gasteiger partial charge < -0.3 is 5.32 Å². The lowest BCUT2D eigenvalue weighted by atomic mass is 10.2. The molecular formula is C17H19FN2O5S2. The molecule has 0 saturated carbocycles. The summed E-state index contributed by atoms with van der Waals surface area (Å²) in [4.78, 5) is 11.6. The molecular weight excluding hydrogens is 395 g/mol. The summed E-state index contributed by atoms with van der Waals surface area (Å²) < 4.78 is 61.9. The maximum atomic E-state index is 13.1. The van der Waals surface area contributed by atoms with Crippen LogP contribution in [0.25, 0.3) is 0 Å². The van der Waals surface area contributed by atoms with E-state index in [4.69, 9.17) is 0 Å². The number of hydrogen-bond donors (Lipinski definition) is 2. The number of amides is 1. The highest BCUT2D eigenvalue weighted by molar-refractivity contribution is 7.89. The van der Waals surface area contributed by atoms with Crippen molar-refractivity contribution in [2.45, 2.75) is 29.6 Å². The van der Waals surface area contributed by atoms with Crippen LogP contribution >= 0.6 is 0 Å². The minimum atomic E-state index is -4.94. The number of anilines is 1. The zero-order valence-electron chi connectivity index (χ0n) is 14.5. The van der Waals surface area contributed by atoms with Crippen molar-refractivity contribution >= 4 is 31.8 Å². The van der Waals surface area contributed by atoms with Gasteiger partial charge in [0.15, 0.2) is 0 Å². The Morgan fingerprint density at radius 2 is 1.67 bits per heavy atom. The van der Waals surface area contributed by atoms with Crippen LogP contribution in [-0.4, -0.2) is 29.3 Å². The van der Waals surface area contributed by atoms with Gasteiger partial charge >= 0.3 is 10.2 Å². The number of rotatable bonds is 8. The summed E-state index contributed by atoms with van der Waals surface area (Å²) in [6, 6.07) is 10.1. The first-order chi connectivity index (χ1) is 12.6. The molecule has 0 aliphatic heterocycles. The quantitative estimate of drug-likeness (QED) is 0.510. The van der Waals surface area contributed by atoms with Gasteiger partial charge in [0, 0.05) is 17.8 Å². The molecule has 0 unspecified atom stereocenters. The topological polar surface area (TPSA) is 109 Å². The standard InChI is InChI=1S/C17H19FN2O5S2/c1-2-3-10-19-27(24,25)16-9-5-7-14(12-16)20-17(21)13-6-4-8-15(11-13)26(18,22)23/h4-9,11-12,19H,2-3,10H2,1H3,(H,20,21). The molecule has 0 spiro atoms. The van der Waals surface area contributed by atoms with Crippen LogP contribution in [0.1, 0.15) is 30.1 Å². The van der Waals surface area contributed by atoms with Crippen molar-refractivity contribution in [2.75, 3.05) is 11.9 Å². The van der Waals surface area contributed by atoms with Crippen LogP contribution in [0.4, 0.5) is 9.57 Å². The van der Waals surface area contributed by atoms with E-state index in [-0.39, 0.29) is 16.1 Å². The van der Waals surface area contributed by atoms with Crippen molar-refractivity contribution in [1.82, 2.24) is 4.72 Å². The van der Waals surface area contributed by atoms with Crippen LogP contribution in [0.15, 0.2) is 58.3 Å². The fraction of sp³-hybridized carbons (Fsp3) is 0.235. The molecule has 0 radical (unpaired) electrons. The van der Waals surface area contributed by atoms with E-state index in [1.807, 2.05) is 6.92 Å². The third kappa shape index (κ3) is 5.84. The minimum Gasteiger partial charge on any atom is -0.322 e. The van der Waals surface area contributed by atoms with Crippen molar-refractivity contribution in [2.24, 2.45) is 0 Å². The summed E-state index contributed by atoms with van der Waals surface area (Å²) in [7, 11) is -8.65. The average Bonchev–Trinajstić information content (AvgIpc) is 2.61. The second-order valence-electron chi connectivity index (χ2n) is 5.70. The first-order valence-electron chi connectivity index (χ1n) is 8.09. The molecule has 0 aliphatic carbocycles. The van der Waals surface area contributed by atoms with E-state index in [1.54, 1.807) is 0 Å². The summed E-state index contributed by atoms with van der Waals surface area (Å²) in [6.45, 7) is 2.24. The summed E-state index contributed by atoms with van der Waals surface area (Å²) in [5.41, 5.74) is 0.120. The second kappa shape index (κ2) is 8.59. The number of benzene rings is 2. The minimum absolute atomic E-state index is 0.0171. The van der Waals surface area contributed by atoms with E-state index in [2.05, 4.69) is 10.0 Å². The Hall–Kier alpha value is -2.30. The summed E-state index contributed by atoms with van der Waals surface area (Å²) >= 11 is 0. The molecule has 7 nitrogen and oxygen atoms in total. The Labute approximate surface area is 157 Å². The molecule has 27 heavy (non-hydrogen) atoms. The average molecular weight is 414 g/mol. The fourth-order valence-electron chi connectivity index (χ4n) is 2.20. The van der Waals surface area contributed by atoms with E-state index >= 15 is 0 Å². The number of halogens is 1. The van der Waals surface area contributed by atoms with Crippen molar-refractivity contribution in [3.8, 4) is 0 Å². The molecule has 2 aromatic carbocycles. The lowest BCUT2D eigenvalue weighted by Crippen LogP contribution is -2.24. The van der Waals surface area contributed by atoms with E-state index in [1.165, 1.54) is 36.4 Å². The third-order valence-corrected chi connectivity index (χ3v) is 5.88. The van der Waals surface area contributed by atoms with Gasteiger partial charge in [-0.3, -0.25) is 4.79 Å². The van der Waals surface area contributed by atoms with Crippen LogP contribution < -0.4 is 10.0 Å². The molecule has 2 N–H and O–H groups in total. The summed E-state index contributed by atoms with van der Waals surface area (Å²) in [5.74, 6) is -0.700. The van der Waals surface area contributed by atoms with Crippen molar-refractivity contribution < 1.29 is 25.5 Å². The highest BCUT2D eigenvalue weighted by Crippen LogP contribution is 2.18. The van der Waals surface area contributed by atoms with E-state index in [0.717, 1.165) is 18.6 Å². The zero-order chi connectivity index (χ0) is 20.1. The van der Waals surface area contributed by atoms with Gasteiger partial charge in [0.25, 0.3) is 5.91 Å². The van der Waals surface area contributed by atoms with Crippen LogP contribution in [0.3, 0.4) is 0 Å². The third-order valence-electron chi connectivity index (χ3n) is 3.60. The maximum Gasteiger partial charge on any atom is 0.332 e. The van der Waals surface area contributed by atoms with Crippen LogP contribution in [-0.2, 0) is 20.2 Å². The smallest absolute Gasteiger partial charge is 0.322 e. The second-order valence-corrected chi connectivity index (χ2v) is 8.81. The Morgan fingerprint density at radius 1 is 1.00 bits per heavy atom. The SMILES string of the molecule is CCCCNS(=O)(=O)c1cccc(NC(=O)c2cccc(S(=O)(=O)F)c2)c1. The Kier molecular flexibility index (Phi) is 6.68. The normalized spacial score (nSPS) is 11.9. The fourth-order valence-corrected chi connectivity index (χ4v) is 3.83. The van der Waals surface area contributed by atoms with Crippen LogP contribution in [0.5, 0.6) is 0 Å². The molecule has 0 saturated heterocycles. The zero-order valence-corrected chi connectivity index (χ0v) is 16.1. The van der Waals surface area contributed by atoms with E-state index < -0.39 is 31.0 Å². The molecule has 0 heterocycles. The number of carbonyl (C=O) groups is 1. The Bertz CT molecular complexity index is 1040. The molecule has 0 atom stereocenters. The van der Waals surface area contributed by atoms with Crippen molar-refractivity contribution in [3.63, 3.8) is 0 Å². The molecule has 1 amide bonds. The lowest BCUT2D eigenvalue weighted by molar-refractivity contribution is 0.102. The Balaban J connectivity index is 2.20. The van der Waals surface area contributed by atoms with Crippen molar-refractivity contribution in [3.05, 3.63) is 54.1 Å². The largest absolute Gasteiger partial charge is 0.332 e. The van der Waals surface area contributed by atoms with E-state index in [0.29, 0.717) is 13.0 Å². The van der Waals surface area contributed by atoms with Crippen molar-refractivity contribution in [1.29, 1.82) is 0 Å². The number of hydrogen-bond acceptors (Lipinski definition) is 5. The molecule has 0 aliphatic rings. The molecule has 0 aromatic heterocycles. The molecule has 0 fully saturated rings. The molecule has 2 rings (SSSR count). The van der Waals surface area contributed by atoms with Crippen LogP contribution in [0, 0.1) is 0 Å². The van der Waals surface area contributed by atoms with E-state index in [9.17, 15) is 25.5 Å². The monoisotopic (exact) mass is 414 g/mol. The highest BCUT2D eigenvalue weighted by Gasteiger charge is 2.17.